The van der Waals surface area contributed by atoms with Crippen LogP contribution >= 0.6 is 0 Å². The van der Waals surface area contributed by atoms with Crippen LogP contribution in [0.15, 0.2) is 0 Å². The van der Waals surface area contributed by atoms with Gasteiger partial charge in [-0.25, -0.2) is 4.79 Å². The molecule has 19 heavy (non-hydrogen) atoms. The molecule has 2 fully saturated rings. The molecular weight excluding hydrogens is 250 g/mol. The number of hydrogen-bond acceptors (Lipinski definition) is 4. The molecule has 0 aromatic heterocycles. The molecule has 2 rings (SSSR count). The van der Waals surface area contributed by atoms with Gasteiger partial charge in [0.05, 0.1) is 5.92 Å². The first-order valence-electron chi connectivity index (χ1n) is 6.40. The van der Waals surface area contributed by atoms with Gasteiger partial charge in [-0.15, -0.1) is 0 Å². The number of rotatable bonds is 4. The van der Waals surface area contributed by atoms with Crippen molar-refractivity contribution in [2.45, 2.75) is 25.8 Å². The Labute approximate surface area is 111 Å². The van der Waals surface area contributed by atoms with Crippen LogP contribution in [0.3, 0.4) is 0 Å². The molecule has 0 spiro atoms. The zero-order chi connectivity index (χ0) is 14.2. The average molecular weight is 269 g/mol. The van der Waals surface area contributed by atoms with Crippen molar-refractivity contribution in [3.05, 3.63) is 0 Å². The van der Waals surface area contributed by atoms with Gasteiger partial charge in [-0.3, -0.25) is 14.5 Å². The Morgan fingerprint density at radius 2 is 2.11 bits per heavy atom. The topological polar surface area (TPSA) is 90.0 Å². The summed E-state index contributed by atoms with van der Waals surface area (Å²) in [6.07, 6.45) is 0.626. The summed E-state index contributed by atoms with van der Waals surface area (Å²) in [5.74, 6) is -1.34. The number of imide groups is 1. The van der Waals surface area contributed by atoms with Crippen LogP contribution in [0.1, 0.15) is 20.3 Å². The highest BCUT2D eigenvalue weighted by atomic mass is 16.4. The lowest BCUT2D eigenvalue weighted by molar-refractivity contribution is -0.141. The molecule has 0 bridgehead atoms. The van der Waals surface area contributed by atoms with E-state index in [-0.39, 0.29) is 17.9 Å². The molecule has 3 amide bonds. The van der Waals surface area contributed by atoms with Gasteiger partial charge in [0.25, 0.3) is 5.91 Å². The lowest BCUT2D eigenvalue weighted by Gasteiger charge is -2.20. The SMILES string of the molecule is CC1(C)NC(=O)N(CCN2CCC(C(=O)O)C2)C1=O. The number of urea groups is 1. The average Bonchev–Trinajstić information content (AvgIpc) is 2.83. The van der Waals surface area contributed by atoms with Gasteiger partial charge >= 0.3 is 12.0 Å². The van der Waals surface area contributed by atoms with Crippen LogP contribution in [-0.2, 0) is 9.59 Å². The Hall–Kier alpha value is -1.63. The van der Waals surface area contributed by atoms with Crippen molar-refractivity contribution in [3.63, 3.8) is 0 Å². The summed E-state index contributed by atoms with van der Waals surface area (Å²) in [5.41, 5.74) is -0.842. The molecule has 0 radical (unpaired) electrons. The Morgan fingerprint density at radius 1 is 1.42 bits per heavy atom. The van der Waals surface area contributed by atoms with Gasteiger partial charge in [-0.1, -0.05) is 0 Å². The van der Waals surface area contributed by atoms with E-state index in [9.17, 15) is 14.4 Å². The van der Waals surface area contributed by atoms with Crippen LogP contribution in [-0.4, -0.2) is 64.5 Å². The predicted octanol–water partition coefficient (Wildman–Crippen LogP) is -0.277. The van der Waals surface area contributed by atoms with E-state index in [1.165, 1.54) is 4.90 Å². The number of amides is 3. The maximum atomic E-state index is 11.9. The van der Waals surface area contributed by atoms with E-state index in [1.807, 2.05) is 4.90 Å². The summed E-state index contributed by atoms with van der Waals surface area (Å²) < 4.78 is 0. The lowest BCUT2D eigenvalue weighted by Crippen LogP contribution is -2.41. The number of nitrogens with zero attached hydrogens (tertiary/aromatic N) is 2. The molecule has 2 aliphatic heterocycles. The highest BCUT2D eigenvalue weighted by Gasteiger charge is 2.44. The first-order chi connectivity index (χ1) is 8.81. The highest BCUT2D eigenvalue weighted by molar-refractivity contribution is 6.06. The van der Waals surface area contributed by atoms with Crippen LogP contribution in [0.4, 0.5) is 4.79 Å². The first-order valence-corrected chi connectivity index (χ1v) is 6.40. The monoisotopic (exact) mass is 269 g/mol. The standard InChI is InChI=1S/C12H19N3O4/c1-12(2)10(18)15(11(19)13-12)6-5-14-4-3-8(7-14)9(16)17/h8H,3-7H2,1-2H3,(H,13,19)(H,16,17). The largest absolute Gasteiger partial charge is 0.481 e. The molecule has 2 N–H and O–H groups in total. The zero-order valence-corrected chi connectivity index (χ0v) is 11.2. The van der Waals surface area contributed by atoms with Gasteiger partial charge in [0, 0.05) is 19.6 Å². The Kier molecular flexibility index (Phi) is 3.49. The number of likely N-dealkylation sites (tertiary alicyclic amines) is 1. The van der Waals surface area contributed by atoms with Crippen LogP contribution in [0, 0.1) is 5.92 Å². The van der Waals surface area contributed by atoms with E-state index >= 15 is 0 Å². The molecule has 0 saturated carbocycles. The quantitative estimate of drug-likeness (QED) is 0.685. The van der Waals surface area contributed by atoms with Crippen molar-refractivity contribution in [3.8, 4) is 0 Å². The van der Waals surface area contributed by atoms with Crippen LogP contribution in [0.25, 0.3) is 0 Å². The number of aliphatic carboxylic acids is 1. The van der Waals surface area contributed by atoms with Crippen LogP contribution in [0.5, 0.6) is 0 Å². The normalized spacial score (nSPS) is 26.8. The molecule has 106 valence electrons. The second-order valence-electron chi connectivity index (χ2n) is 5.64. The molecule has 0 aromatic carbocycles. The summed E-state index contributed by atoms with van der Waals surface area (Å²) in [4.78, 5) is 37.6. The number of carbonyl (C=O) groups is 3. The number of nitrogens with one attached hydrogen (secondary N) is 1. The molecule has 2 saturated heterocycles. The van der Waals surface area contributed by atoms with E-state index in [4.69, 9.17) is 5.11 Å². The maximum absolute atomic E-state index is 11.9. The van der Waals surface area contributed by atoms with Crippen molar-refractivity contribution < 1.29 is 19.5 Å². The molecular formula is C12H19N3O4. The molecule has 7 heteroatoms. The zero-order valence-electron chi connectivity index (χ0n) is 11.2. The van der Waals surface area contributed by atoms with Crippen LogP contribution < -0.4 is 5.32 Å². The second kappa shape index (κ2) is 4.80. The minimum atomic E-state index is -0.842. The lowest BCUT2D eigenvalue weighted by atomic mass is 10.1. The Bertz CT molecular complexity index is 421. The third-order valence-electron chi connectivity index (χ3n) is 3.71. The molecule has 0 aliphatic carbocycles. The third-order valence-corrected chi connectivity index (χ3v) is 3.71. The van der Waals surface area contributed by atoms with Gasteiger partial charge in [0.2, 0.25) is 0 Å². The van der Waals surface area contributed by atoms with Gasteiger partial charge in [-0.2, -0.15) is 0 Å². The molecule has 0 aromatic rings. The van der Waals surface area contributed by atoms with E-state index in [1.54, 1.807) is 13.8 Å². The predicted molar refractivity (Wildman–Crippen MR) is 66.5 cm³/mol. The van der Waals surface area contributed by atoms with Gasteiger partial charge < -0.3 is 15.3 Å². The first kappa shape index (κ1) is 13.8. The Balaban J connectivity index is 1.85. The van der Waals surface area contributed by atoms with Crippen molar-refractivity contribution in [2.24, 2.45) is 5.92 Å². The number of hydrogen-bond donors (Lipinski definition) is 2. The number of carbonyl (C=O) groups excluding carboxylic acids is 2. The van der Waals surface area contributed by atoms with Crippen LogP contribution in [0.2, 0.25) is 0 Å². The fourth-order valence-electron chi connectivity index (χ4n) is 2.50. The van der Waals surface area contributed by atoms with E-state index in [0.29, 0.717) is 32.6 Å². The highest BCUT2D eigenvalue weighted by Crippen LogP contribution is 2.18. The van der Waals surface area contributed by atoms with Crippen molar-refractivity contribution in [2.75, 3.05) is 26.2 Å². The summed E-state index contributed by atoms with van der Waals surface area (Å²) in [6.45, 7) is 5.36. The number of carboxylic acids is 1. The van der Waals surface area contributed by atoms with Crippen molar-refractivity contribution in [1.82, 2.24) is 15.1 Å². The summed E-state index contributed by atoms with van der Waals surface area (Å²) in [7, 11) is 0. The van der Waals surface area contributed by atoms with Gasteiger partial charge in [0.15, 0.2) is 0 Å². The van der Waals surface area contributed by atoms with E-state index < -0.39 is 11.5 Å². The fourth-order valence-corrected chi connectivity index (χ4v) is 2.50. The molecule has 2 aliphatic rings. The maximum Gasteiger partial charge on any atom is 0.325 e. The summed E-state index contributed by atoms with van der Waals surface area (Å²) in [6, 6.07) is -0.371. The van der Waals surface area contributed by atoms with E-state index in [2.05, 4.69) is 5.32 Å². The van der Waals surface area contributed by atoms with Crippen molar-refractivity contribution in [1.29, 1.82) is 0 Å². The second-order valence-corrected chi connectivity index (χ2v) is 5.64. The minimum absolute atomic E-state index is 0.230. The third kappa shape index (κ3) is 2.70. The summed E-state index contributed by atoms with van der Waals surface area (Å²) in [5, 5.41) is 11.5. The van der Waals surface area contributed by atoms with Crippen molar-refractivity contribution >= 4 is 17.9 Å². The van der Waals surface area contributed by atoms with Gasteiger partial charge in [-0.05, 0) is 26.8 Å². The minimum Gasteiger partial charge on any atom is -0.481 e. The molecule has 1 atom stereocenters. The number of carboxylic acid groups (broad SMARTS) is 1. The smallest absolute Gasteiger partial charge is 0.325 e. The fraction of sp³-hybridized carbons (Fsp3) is 0.750. The molecule has 1 unspecified atom stereocenters. The molecule has 7 nitrogen and oxygen atoms in total. The summed E-state index contributed by atoms with van der Waals surface area (Å²) >= 11 is 0. The molecule has 2 heterocycles. The van der Waals surface area contributed by atoms with E-state index in [0.717, 1.165) is 0 Å². The Morgan fingerprint density at radius 3 is 2.58 bits per heavy atom. The van der Waals surface area contributed by atoms with Gasteiger partial charge in [0.1, 0.15) is 5.54 Å².